The number of halogens is 2. The summed E-state index contributed by atoms with van der Waals surface area (Å²) >= 11 is 14.2. The van der Waals surface area contributed by atoms with Gasteiger partial charge in [-0.2, -0.15) is 0 Å². The van der Waals surface area contributed by atoms with E-state index in [1.54, 1.807) is 40.8 Å². The van der Waals surface area contributed by atoms with Crippen LogP contribution in [0.2, 0.25) is 10.0 Å². The van der Waals surface area contributed by atoms with Gasteiger partial charge in [-0.15, -0.1) is 0 Å². The lowest BCUT2D eigenvalue weighted by Crippen LogP contribution is -2.35. The lowest BCUT2D eigenvalue weighted by atomic mass is 9.98. The SMILES string of the molecule is COC[C@@H]1C[C@H](OC)CN1Cc1ncc(-c2cccc(-c3cccc(-c4cnc(CNC[C@@H]5CCC(=O)N5)c(OC)n4)c3Cl)c2Cl)nc1OC. The second-order valence-electron chi connectivity index (χ2n) is 12.3. The van der Waals surface area contributed by atoms with E-state index in [0.29, 0.717) is 82.7 Å². The molecular formula is C36H41Cl2N7O5. The highest BCUT2D eigenvalue weighted by Gasteiger charge is 2.33. The highest BCUT2D eigenvalue weighted by atomic mass is 35.5. The third kappa shape index (κ3) is 7.85. The van der Waals surface area contributed by atoms with Crippen LogP contribution in [-0.4, -0.2) is 97.1 Å². The van der Waals surface area contributed by atoms with Gasteiger partial charge >= 0.3 is 0 Å². The summed E-state index contributed by atoms with van der Waals surface area (Å²) in [6, 6.07) is 11.7. The van der Waals surface area contributed by atoms with Gasteiger partial charge in [0.1, 0.15) is 11.4 Å². The number of nitrogens with one attached hydrogen (secondary N) is 2. The molecule has 2 N–H and O–H groups in total. The first-order valence-corrected chi connectivity index (χ1v) is 17.2. The number of aromatic nitrogens is 4. The molecule has 1 amide bonds. The van der Waals surface area contributed by atoms with E-state index < -0.39 is 0 Å². The standard InChI is InChI=1S/C36H41Cl2N7O5/c1-47-20-22-13-23(48-2)18-45(22)19-31-36(50-4)44-29(17-41-31)27-10-6-8-25(34(27)38)24-7-5-9-26(33(24)37)28-16-40-30(35(43-28)49-3)15-39-14-21-11-12-32(46)42-21/h5-10,16-17,21-23,39H,11-15,18-20H2,1-4H3,(H,42,46)/t21-,22-,23-/m0/s1. The molecule has 12 nitrogen and oxygen atoms in total. The predicted molar refractivity (Wildman–Crippen MR) is 191 cm³/mol. The minimum Gasteiger partial charge on any atom is -0.480 e. The number of nitrogens with zero attached hydrogens (tertiary/aromatic N) is 5. The molecule has 2 aliphatic heterocycles. The number of likely N-dealkylation sites (tertiary alicyclic amines) is 1. The van der Waals surface area contributed by atoms with Crippen LogP contribution in [0.5, 0.6) is 11.8 Å². The molecule has 0 bridgehead atoms. The molecule has 4 aromatic rings. The predicted octanol–water partition coefficient (Wildman–Crippen LogP) is 5.20. The Labute approximate surface area is 301 Å². The summed E-state index contributed by atoms with van der Waals surface area (Å²) in [6.45, 7) is 3.00. The van der Waals surface area contributed by atoms with Crippen LogP contribution in [0.25, 0.3) is 33.6 Å². The second kappa shape index (κ2) is 16.4. The van der Waals surface area contributed by atoms with E-state index in [2.05, 4.69) is 20.5 Å². The van der Waals surface area contributed by atoms with Crippen LogP contribution >= 0.6 is 23.2 Å². The highest BCUT2D eigenvalue weighted by molar-refractivity contribution is 6.39. The molecule has 2 aromatic heterocycles. The van der Waals surface area contributed by atoms with Gasteiger partial charge in [-0.05, 0) is 12.8 Å². The molecule has 2 saturated heterocycles. The normalized spacial score (nSPS) is 19.2. The molecule has 50 heavy (non-hydrogen) atoms. The van der Waals surface area contributed by atoms with E-state index in [1.165, 1.54) is 0 Å². The van der Waals surface area contributed by atoms with E-state index in [4.69, 9.17) is 57.1 Å². The Bertz CT molecular complexity index is 1830. The maximum absolute atomic E-state index is 11.5. The zero-order valence-corrected chi connectivity index (χ0v) is 30.1. The van der Waals surface area contributed by atoms with Gasteiger partial charge in [0.2, 0.25) is 17.7 Å². The van der Waals surface area contributed by atoms with E-state index in [9.17, 15) is 4.79 Å². The molecule has 264 valence electrons. The fourth-order valence-electron chi connectivity index (χ4n) is 6.54. The zero-order chi connectivity index (χ0) is 35.2. The largest absolute Gasteiger partial charge is 0.480 e. The number of ether oxygens (including phenoxy) is 4. The number of carbonyl (C=O) groups is 1. The van der Waals surface area contributed by atoms with Crippen molar-refractivity contribution in [3.63, 3.8) is 0 Å². The summed E-state index contributed by atoms with van der Waals surface area (Å²) in [4.78, 5) is 32.8. The van der Waals surface area contributed by atoms with Crippen LogP contribution in [0.3, 0.4) is 0 Å². The third-order valence-electron chi connectivity index (χ3n) is 9.15. The molecule has 14 heteroatoms. The van der Waals surface area contributed by atoms with Crippen molar-refractivity contribution in [2.75, 3.05) is 48.1 Å². The van der Waals surface area contributed by atoms with E-state index in [-0.39, 0.29) is 24.1 Å². The van der Waals surface area contributed by atoms with Crippen molar-refractivity contribution in [3.05, 3.63) is 70.2 Å². The number of methoxy groups -OCH3 is 4. The molecule has 4 heterocycles. The molecule has 2 aromatic carbocycles. The second-order valence-corrected chi connectivity index (χ2v) is 13.1. The van der Waals surface area contributed by atoms with E-state index >= 15 is 0 Å². The number of hydrogen-bond acceptors (Lipinski definition) is 11. The first kappa shape index (κ1) is 35.9. The molecule has 3 atom stereocenters. The topological polar surface area (TPSA) is 133 Å². The van der Waals surface area contributed by atoms with Crippen molar-refractivity contribution in [2.24, 2.45) is 0 Å². The molecule has 6 rings (SSSR count). The molecule has 0 unspecified atom stereocenters. The number of rotatable bonds is 14. The summed E-state index contributed by atoms with van der Waals surface area (Å²) in [6.07, 6.45) is 5.79. The van der Waals surface area contributed by atoms with Gasteiger partial charge in [0.25, 0.3) is 0 Å². The highest BCUT2D eigenvalue weighted by Crippen LogP contribution is 2.42. The van der Waals surface area contributed by atoms with Crippen LogP contribution in [0.15, 0.2) is 48.8 Å². The number of carbonyl (C=O) groups excluding carboxylic acids is 1. The third-order valence-corrected chi connectivity index (χ3v) is 9.97. The molecule has 0 aliphatic carbocycles. The maximum Gasteiger partial charge on any atom is 0.237 e. The summed E-state index contributed by atoms with van der Waals surface area (Å²) in [5.41, 5.74) is 5.33. The fourth-order valence-corrected chi connectivity index (χ4v) is 7.19. The average molecular weight is 723 g/mol. The molecule has 2 fully saturated rings. The first-order valence-electron chi connectivity index (χ1n) is 16.5. The van der Waals surface area contributed by atoms with Gasteiger partial charge in [0.15, 0.2) is 0 Å². The molecule has 0 radical (unpaired) electrons. The number of amides is 1. The minimum atomic E-state index is 0.0834. The molecular weight excluding hydrogens is 681 g/mol. The Morgan fingerprint density at radius 2 is 1.48 bits per heavy atom. The van der Waals surface area contributed by atoms with Crippen molar-refractivity contribution in [3.8, 4) is 45.4 Å². The van der Waals surface area contributed by atoms with Gasteiger partial charge in [-0.25, -0.2) is 9.97 Å². The van der Waals surface area contributed by atoms with Crippen LogP contribution in [-0.2, 0) is 27.4 Å². The zero-order valence-electron chi connectivity index (χ0n) is 28.5. The van der Waals surface area contributed by atoms with Crippen molar-refractivity contribution < 1.29 is 23.7 Å². The smallest absolute Gasteiger partial charge is 0.237 e. The Balaban J connectivity index is 1.23. The molecule has 0 saturated carbocycles. The monoisotopic (exact) mass is 721 g/mol. The summed E-state index contributed by atoms with van der Waals surface area (Å²) < 4.78 is 22.4. The Morgan fingerprint density at radius 1 is 0.880 bits per heavy atom. The lowest BCUT2D eigenvalue weighted by molar-refractivity contribution is -0.119. The van der Waals surface area contributed by atoms with Crippen LogP contribution in [0, 0.1) is 0 Å². The minimum absolute atomic E-state index is 0.0834. The average Bonchev–Trinajstić information content (AvgIpc) is 3.73. The Kier molecular flexibility index (Phi) is 11.8. The van der Waals surface area contributed by atoms with Gasteiger partial charge in [-0.3, -0.25) is 19.7 Å². The first-order chi connectivity index (χ1) is 24.3. The lowest BCUT2D eigenvalue weighted by Gasteiger charge is -2.23. The van der Waals surface area contributed by atoms with Gasteiger partial charge in [0.05, 0.1) is 60.8 Å². The maximum atomic E-state index is 11.5. The number of hydrogen-bond donors (Lipinski definition) is 2. The molecule has 2 aliphatic rings. The van der Waals surface area contributed by atoms with Crippen LogP contribution in [0.1, 0.15) is 30.7 Å². The van der Waals surface area contributed by atoms with E-state index in [1.807, 2.05) is 36.4 Å². The van der Waals surface area contributed by atoms with Crippen molar-refractivity contribution >= 4 is 29.1 Å². The van der Waals surface area contributed by atoms with Crippen LogP contribution in [0.4, 0.5) is 0 Å². The van der Waals surface area contributed by atoms with Gasteiger partial charge in [-0.1, -0.05) is 59.6 Å². The van der Waals surface area contributed by atoms with Gasteiger partial charge < -0.3 is 29.6 Å². The quantitative estimate of drug-likeness (QED) is 0.178. The summed E-state index contributed by atoms with van der Waals surface area (Å²) in [7, 11) is 6.59. The fraction of sp³-hybridized carbons (Fsp3) is 0.417. The number of benzene rings is 2. The van der Waals surface area contributed by atoms with Crippen molar-refractivity contribution in [1.29, 1.82) is 0 Å². The van der Waals surface area contributed by atoms with Crippen LogP contribution < -0.4 is 20.1 Å². The van der Waals surface area contributed by atoms with Crippen molar-refractivity contribution in [2.45, 2.75) is 50.5 Å². The Morgan fingerprint density at radius 3 is 2.04 bits per heavy atom. The van der Waals surface area contributed by atoms with Gasteiger partial charge in [0, 0.05) is 81.2 Å². The van der Waals surface area contributed by atoms with E-state index in [0.717, 1.165) is 36.2 Å². The van der Waals surface area contributed by atoms with Crippen molar-refractivity contribution in [1.82, 2.24) is 35.5 Å². The summed E-state index contributed by atoms with van der Waals surface area (Å²) in [5.74, 6) is 0.901. The Hall–Kier alpha value is -3.91. The summed E-state index contributed by atoms with van der Waals surface area (Å²) in [5, 5.41) is 7.23. The molecule has 0 spiro atoms.